The van der Waals surface area contributed by atoms with Crippen LogP contribution in [0, 0.1) is 17.6 Å². The maximum Gasteiger partial charge on any atom is 0.254 e. The molecule has 3 aromatic rings. The van der Waals surface area contributed by atoms with Gasteiger partial charge in [-0.2, -0.15) is 0 Å². The summed E-state index contributed by atoms with van der Waals surface area (Å²) in [6, 6.07) is 14.5. The van der Waals surface area contributed by atoms with Crippen LogP contribution in [-0.2, 0) is 12.8 Å². The van der Waals surface area contributed by atoms with Gasteiger partial charge in [-0.15, -0.1) is 0 Å². The predicted molar refractivity (Wildman–Crippen MR) is 157 cm³/mol. The van der Waals surface area contributed by atoms with Gasteiger partial charge in [-0.25, -0.2) is 8.78 Å². The minimum Gasteiger partial charge on any atom is -0.494 e. The van der Waals surface area contributed by atoms with Crippen LogP contribution in [0.1, 0.15) is 75.6 Å². The van der Waals surface area contributed by atoms with E-state index in [0.717, 1.165) is 55.2 Å². The average molecular weight is 594 g/mol. The number of hydrogen-bond donors (Lipinski definition) is 2. The first-order chi connectivity index (χ1) is 20.2. The van der Waals surface area contributed by atoms with Gasteiger partial charge < -0.3 is 15.0 Å². The molecular weight excluding hydrogens is 560 g/mol. The molecule has 3 aliphatic rings. The largest absolute Gasteiger partial charge is 0.494 e. The number of amides is 2. The van der Waals surface area contributed by atoms with Crippen molar-refractivity contribution in [3.8, 4) is 5.75 Å². The number of hydrogen-bond acceptors (Lipinski definition) is 4. The Labute approximate surface area is 249 Å². The molecule has 1 atom stereocenters. The summed E-state index contributed by atoms with van der Waals surface area (Å²) in [5, 5.41) is 6.84. The Morgan fingerprint density at radius 3 is 2.62 bits per heavy atom. The van der Waals surface area contributed by atoms with Crippen LogP contribution in [-0.4, -0.2) is 42.6 Å². The Kier molecular flexibility index (Phi) is 7.94. The molecule has 1 unspecified atom stereocenters. The van der Waals surface area contributed by atoms with Crippen molar-refractivity contribution >= 4 is 23.4 Å². The molecule has 6 nitrogen and oxygen atoms in total. The number of fused-ring (bicyclic) bond motifs is 1. The van der Waals surface area contributed by atoms with Gasteiger partial charge in [-0.3, -0.25) is 14.9 Å². The molecule has 1 heterocycles. The Bertz CT molecular complexity index is 1520. The van der Waals surface area contributed by atoms with Crippen molar-refractivity contribution in [3.05, 3.63) is 99.1 Å². The quantitative estimate of drug-likeness (QED) is 0.356. The third-order valence-corrected chi connectivity index (χ3v) is 9.41. The summed E-state index contributed by atoms with van der Waals surface area (Å²) in [7, 11) is 1.47. The molecule has 3 aromatic carbocycles. The van der Waals surface area contributed by atoms with Crippen LogP contribution in [0.25, 0.3) is 0 Å². The lowest BCUT2D eigenvalue weighted by atomic mass is 9.75. The second-order valence-electron chi connectivity index (χ2n) is 11.8. The molecule has 6 rings (SSSR count). The van der Waals surface area contributed by atoms with Crippen molar-refractivity contribution in [2.45, 2.75) is 56.5 Å². The number of carbonyl (C=O) groups excluding carboxylic acids is 2. The fourth-order valence-corrected chi connectivity index (χ4v) is 6.97. The van der Waals surface area contributed by atoms with Crippen LogP contribution in [0.3, 0.4) is 0 Å². The van der Waals surface area contributed by atoms with E-state index in [2.05, 4.69) is 10.6 Å². The number of ether oxygens (including phenoxy) is 1. The van der Waals surface area contributed by atoms with Crippen molar-refractivity contribution < 1.29 is 23.1 Å². The van der Waals surface area contributed by atoms with Crippen LogP contribution in [0.2, 0.25) is 5.02 Å². The summed E-state index contributed by atoms with van der Waals surface area (Å²) in [5.41, 5.74) is 3.34. The number of rotatable bonds is 6. The molecule has 2 fully saturated rings. The lowest BCUT2D eigenvalue weighted by Gasteiger charge is -2.37. The van der Waals surface area contributed by atoms with Crippen LogP contribution in [0.4, 0.5) is 8.78 Å². The first kappa shape index (κ1) is 28.6. The number of benzene rings is 3. The molecule has 0 aromatic heterocycles. The number of halogens is 3. The Morgan fingerprint density at radius 2 is 1.86 bits per heavy atom. The maximum absolute atomic E-state index is 14.2. The van der Waals surface area contributed by atoms with E-state index in [4.69, 9.17) is 16.3 Å². The molecule has 220 valence electrons. The summed E-state index contributed by atoms with van der Waals surface area (Å²) >= 11 is 5.97. The first-order valence-electron chi connectivity index (χ1n) is 14.5. The summed E-state index contributed by atoms with van der Waals surface area (Å²) in [6.45, 7) is 1.12. The predicted octanol–water partition coefficient (Wildman–Crippen LogP) is 6.22. The number of aryl methyl sites for hydroxylation is 1. The summed E-state index contributed by atoms with van der Waals surface area (Å²) in [5.74, 6) is -0.793. The zero-order valence-corrected chi connectivity index (χ0v) is 24.3. The SMILES string of the molecule is COc1ccc(CC2CCC3(CC2)CN(C(=O)c2ccc4c(c2)C(NC(=O)c2cc(Cl)ccc2F)CC4)CN3)cc1F. The Morgan fingerprint density at radius 1 is 1.05 bits per heavy atom. The molecule has 2 amide bonds. The minimum absolute atomic E-state index is 0.0455. The second kappa shape index (κ2) is 11.7. The van der Waals surface area contributed by atoms with Crippen molar-refractivity contribution in [2.75, 3.05) is 20.3 Å². The van der Waals surface area contributed by atoms with E-state index in [1.165, 1.54) is 25.3 Å². The average Bonchev–Trinajstić information content (AvgIpc) is 3.59. The molecule has 1 aliphatic heterocycles. The van der Waals surface area contributed by atoms with Crippen LogP contribution in [0.15, 0.2) is 54.6 Å². The van der Waals surface area contributed by atoms with E-state index in [1.54, 1.807) is 12.1 Å². The highest BCUT2D eigenvalue weighted by atomic mass is 35.5. The third-order valence-electron chi connectivity index (χ3n) is 9.18. The molecule has 0 radical (unpaired) electrons. The van der Waals surface area contributed by atoms with Gasteiger partial charge in [0.2, 0.25) is 0 Å². The van der Waals surface area contributed by atoms with Crippen LogP contribution < -0.4 is 15.4 Å². The van der Waals surface area contributed by atoms with Crippen molar-refractivity contribution in [1.82, 2.24) is 15.5 Å². The maximum atomic E-state index is 14.2. The first-order valence-corrected chi connectivity index (χ1v) is 14.9. The van der Waals surface area contributed by atoms with Crippen molar-refractivity contribution in [1.29, 1.82) is 0 Å². The van der Waals surface area contributed by atoms with Gasteiger partial charge in [0, 0.05) is 22.7 Å². The lowest BCUT2D eigenvalue weighted by Crippen LogP contribution is -2.46. The van der Waals surface area contributed by atoms with Crippen LogP contribution >= 0.6 is 11.6 Å². The highest BCUT2D eigenvalue weighted by Gasteiger charge is 2.42. The number of methoxy groups -OCH3 is 1. The van der Waals surface area contributed by atoms with E-state index in [0.29, 0.717) is 36.1 Å². The zero-order valence-electron chi connectivity index (χ0n) is 23.5. The Hall–Kier alpha value is -3.49. The highest BCUT2D eigenvalue weighted by molar-refractivity contribution is 6.31. The van der Waals surface area contributed by atoms with Gasteiger partial charge in [-0.1, -0.05) is 23.7 Å². The van der Waals surface area contributed by atoms with Crippen molar-refractivity contribution in [2.24, 2.45) is 5.92 Å². The van der Waals surface area contributed by atoms with Crippen molar-refractivity contribution in [3.63, 3.8) is 0 Å². The summed E-state index contributed by atoms with van der Waals surface area (Å²) < 4.78 is 33.4. The molecule has 2 N–H and O–H groups in total. The lowest BCUT2D eigenvalue weighted by molar-refractivity contribution is 0.0775. The van der Waals surface area contributed by atoms with Gasteiger partial charge >= 0.3 is 0 Å². The van der Waals surface area contributed by atoms with Gasteiger partial charge in [0.05, 0.1) is 25.4 Å². The fraction of sp³-hybridized carbons (Fsp3) is 0.394. The molecular formula is C33H34ClF2N3O3. The topological polar surface area (TPSA) is 70.7 Å². The smallest absolute Gasteiger partial charge is 0.254 e. The summed E-state index contributed by atoms with van der Waals surface area (Å²) in [6.07, 6.45) is 6.21. The van der Waals surface area contributed by atoms with Crippen LogP contribution in [0.5, 0.6) is 5.75 Å². The number of nitrogens with one attached hydrogen (secondary N) is 2. The standard InChI is InChI=1S/C33H34ClF2N3O3/c1-42-30-9-2-21(15-28(30)36)14-20-10-12-33(13-11-20)18-39(19-37-33)32(41)23-4-3-22-5-8-29(25(22)16-23)38-31(40)26-17-24(34)6-7-27(26)35/h2-4,6-7,9,15-17,20,29,37H,5,8,10-14,18-19H2,1H3,(H,38,40). The second-order valence-corrected chi connectivity index (χ2v) is 12.3. The monoisotopic (exact) mass is 593 g/mol. The molecule has 1 saturated heterocycles. The minimum atomic E-state index is -0.627. The van der Waals surface area contributed by atoms with E-state index in [9.17, 15) is 18.4 Å². The Balaban J connectivity index is 1.07. The van der Waals surface area contributed by atoms with Gasteiger partial charge in [-0.05, 0) is 110 Å². The molecule has 1 saturated carbocycles. The fourth-order valence-electron chi connectivity index (χ4n) is 6.80. The van der Waals surface area contributed by atoms with E-state index in [-0.39, 0.29) is 34.6 Å². The number of nitrogens with zero attached hydrogens (tertiary/aromatic N) is 1. The van der Waals surface area contributed by atoms with E-state index >= 15 is 0 Å². The molecule has 1 spiro atoms. The molecule has 42 heavy (non-hydrogen) atoms. The normalized spacial score (nSPS) is 23.2. The third kappa shape index (κ3) is 5.75. The summed E-state index contributed by atoms with van der Waals surface area (Å²) in [4.78, 5) is 28.3. The molecule has 0 bridgehead atoms. The highest BCUT2D eigenvalue weighted by Crippen LogP contribution is 2.38. The van der Waals surface area contributed by atoms with E-state index < -0.39 is 11.7 Å². The zero-order chi connectivity index (χ0) is 29.4. The molecule has 2 aliphatic carbocycles. The molecule has 9 heteroatoms. The number of carbonyl (C=O) groups is 2. The van der Waals surface area contributed by atoms with E-state index in [1.807, 2.05) is 29.2 Å². The van der Waals surface area contributed by atoms with Gasteiger partial charge in [0.1, 0.15) is 5.82 Å². The van der Waals surface area contributed by atoms with Gasteiger partial charge in [0.15, 0.2) is 11.6 Å². The van der Waals surface area contributed by atoms with Gasteiger partial charge in [0.25, 0.3) is 11.8 Å².